The first kappa shape index (κ1) is 21.1. The van der Waals surface area contributed by atoms with E-state index < -0.39 is 33.6 Å². The molecule has 1 unspecified atom stereocenters. The van der Waals surface area contributed by atoms with Gasteiger partial charge < -0.3 is 5.32 Å². The van der Waals surface area contributed by atoms with E-state index >= 15 is 0 Å². The quantitative estimate of drug-likeness (QED) is 0.569. The van der Waals surface area contributed by atoms with Gasteiger partial charge in [0.15, 0.2) is 5.13 Å². The second-order valence-electron chi connectivity index (χ2n) is 7.39. The van der Waals surface area contributed by atoms with Crippen LogP contribution in [0, 0.1) is 6.92 Å². The van der Waals surface area contributed by atoms with Gasteiger partial charge >= 0.3 is 0 Å². The Morgan fingerprint density at radius 2 is 1.74 bits per heavy atom. The van der Waals surface area contributed by atoms with Crippen molar-refractivity contribution in [1.82, 2.24) is 9.88 Å². The zero-order chi connectivity index (χ0) is 22.3. The smallest absolute Gasteiger partial charge is 0.262 e. The minimum Gasteiger partial charge on any atom is -0.300 e. The van der Waals surface area contributed by atoms with Crippen LogP contribution in [0.5, 0.6) is 0 Å². The van der Waals surface area contributed by atoms with Gasteiger partial charge in [0.2, 0.25) is 5.91 Å². The molecular weight excluding hydrogens is 438 g/mol. The lowest BCUT2D eigenvalue weighted by Gasteiger charge is -2.24. The molecule has 0 spiro atoms. The predicted octanol–water partition coefficient (Wildman–Crippen LogP) is 2.64. The molecule has 1 aromatic heterocycles. The lowest BCUT2D eigenvalue weighted by atomic mass is 10.1. The fourth-order valence-corrected chi connectivity index (χ4v) is 5.12. The number of nitrogens with one attached hydrogen (secondary N) is 1. The monoisotopic (exact) mass is 457 g/mol. The summed E-state index contributed by atoms with van der Waals surface area (Å²) in [5, 5.41) is 2.98. The van der Waals surface area contributed by atoms with Gasteiger partial charge in [-0.3, -0.25) is 19.3 Å². The van der Waals surface area contributed by atoms with Crippen LogP contribution in [0.4, 0.5) is 5.13 Å². The number of amides is 3. The van der Waals surface area contributed by atoms with Crippen molar-refractivity contribution in [3.8, 4) is 0 Å². The molecule has 4 rings (SSSR count). The Kier molecular flexibility index (Phi) is 5.36. The number of carbonyl (C=O) groups excluding carboxylic acids is 3. The minimum atomic E-state index is -3.43. The fraction of sp³-hybridized carbons (Fsp3) is 0.238. The van der Waals surface area contributed by atoms with Crippen molar-refractivity contribution in [1.29, 1.82) is 0 Å². The Bertz CT molecular complexity index is 1290. The third-order valence-electron chi connectivity index (χ3n) is 5.05. The predicted molar refractivity (Wildman–Crippen MR) is 118 cm³/mol. The van der Waals surface area contributed by atoms with Gasteiger partial charge in [-0.25, -0.2) is 13.4 Å². The molecule has 1 N–H and O–H groups in total. The van der Waals surface area contributed by atoms with Gasteiger partial charge in [0.25, 0.3) is 11.8 Å². The van der Waals surface area contributed by atoms with E-state index in [4.69, 9.17) is 0 Å². The third-order valence-corrected chi connectivity index (χ3v) is 6.97. The number of para-hydroxylation sites is 1. The largest absolute Gasteiger partial charge is 0.300 e. The molecule has 1 atom stereocenters. The molecule has 1 aliphatic heterocycles. The number of hydrogen-bond acceptors (Lipinski definition) is 7. The van der Waals surface area contributed by atoms with Gasteiger partial charge in [-0.15, -0.1) is 0 Å². The number of benzene rings is 2. The molecule has 31 heavy (non-hydrogen) atoms. The molecule has 160 valence electrons. The van der Waals surface area contributed by atoms with Crippen molar-refractivity contribution < 1.29 is 22.8 Å². The maximum Gasteiger partial charge on any atom is 0.262 e. The van der Waals surface area contributed by atoms with E-state index in [1.54, 1.807) is 12.1 Å². The van der Waals surface area contributed by atoms with Crippen molar-refractivity contribution >= 4 is 54.2 Å². The summed E-state index contributed by atoms with van der Waals surface area (Å²) in [7, 11) is -3.43. The first-order valence-electron chi connectivity index (χ1n) is 9.47. The Morgan fingerprint density at radius 3 is 2.32 bits per heavy atom. The summed E-state index contributed by atoms with van der Waals surface area (Å²) < 4.78 is 24.4. The van der Waals surface area contributed by atoms with E-state index in [9.17, 15) is 22.8 Å². The highest BCUT2D eigenvalue weighted by Crippen LogP contribution is 2.30. The first-order valence-corrected chi connectivity index (χ1v) is 12.3. The Morgan fingerprint density at radius 1 is 1.10 bits per heavy atom. The third kappa shape index (κ3) is 4.08. The molecule has 0 saturated heterocycles. The molecule has 0 fully saturated rings. The SMILES string of the molecule is Cc1cccc2sc(NC(=O)C(CCS(C)(=O)=O)N3C(=O)c4ccccc4C3=O)nc12. The van der Waals surface area contributed by atoms with Crippen LogP contribution in [0.2, 0.25) is 0 Å². The Balaban J connectivity index is 1.66. The maximum absolute atomic E-state index is 13.1. The normalized spacial score (nSPS) is 14.7. The lowest BCUT2D eigenvalue weighted by molar-refractivity contribution is -0.120. The van der Waals surface area contributed by atoms with Crippen molar-refractivity contribution in [3.63, 3.8) is 0 Å². The lowest BCUT2D eigenvalue weighted by Crippen LogP contribution is -2.48. The molecule has 3 amide bonds. The number of hydrogen-bond donors (Lipinski definition) is 1. The number of aromatic nitrogens is 1. The number of thiazole rings is 1. The van der Waals surface area contributed by atoms with E-state index in [2.05, 4.69) is 10.3 Å². The van der Waals surface area contributed by atoms with Crippen molar-refractivity contribution in [2.75, 3.05) is 17.3 Å². The average molecular weight is 458 g/mol. The summed E-state index contributed by atoms with van der Waals surface area (Å²) >= 11 is 1.26. The topological polar surface area (TPSA) is 114 Å². The molecule has 0 saturated carbocycles. The first-order chi connectivity index (χ1) is 14.7. The Labute approximate surface area is 182 Å². The second kappa shape index (κ2) is 7.86. The summed E-state index contributed by atoms with van der Waals surface area (Å²) in [5.74, 6) is -2.24. The highest BCUT2D eigenvalue weighted by atomic mass is 32.2. The highest BCUT2D eigenvalue weighted by Gasteiger charge is 2.43. The van der Waals surface area contributed by atoms with Gasteiger partial charge in [-0.05, 0) is 37.1 Å². The van der Waals surface area contributed by atoms with Crippen LogP contribution in [0.15, 0.2) is 42.5 Å². The average Bonchev–Trinajstić information content (AvgIpc) is 3.23. The van der Waals surface area contributed by atoms with Crippen LogP contribution < -0.4 is 5.32 Å². The van der Waals surface area contributed by atoms with E-state index in [-0.39, 0.29) is 23.3 Å². The van der Waals surface area contributed by atoms with Gasteiger partial charge in [0, 0.05) is 6.26 Å². The van der Waals surface area contributed by atoms with Crippen LogP contribution >= 0.6 is 11.3 Å². The van der Waals surface area contributed by atoms with Crippen LogP contribution in [0.3, 0.4) is 0 Å². The molecule has 0 aliphatic carbocycles. The summed E-state index contributed by atoms with van der Waals surface area (Å²) in [6.07, 6.45) is 0.834. The Hall–Kier alpha value is -3.11. The standard InChI is InChI=1S/C21H19N3O5S2/c1-12-6-5-9-16-17(12)22-21(30-16)23-18(25)15(10-11-31(2,28)29)24-19(26)13-7-3-4-8-14(13)20(24)27/h3-9,15H,10-11H2,1-2H3,(H,22,23,25). The number of aryl methyl sites for hydroxylation is 1. The summed E-state index contributed by atoms with van der Waals surface area (Å²) in [6, 6.07) is 10.7. The molecule has 1 aliphatic rings. The number of fused-ring (bicyclic) bond motifs is 2. The molecule has 0 bridgehead atoms. The van der Waals surface area contributed by atoms with E-state index in [0.29, 0.717) is 5.13 Å². The van der Waals surface area contributed by atoms with Crippen molar-refractivity contribution in [2.24, 2.45) is 0 Å². The zero-order valence-electron chi connectivity index (χ0n) is 16.8. The van der Waals surface area contributed by atoms with Crippen LogP contribution in [-0.4, -0.2) is 54.1 Å². The molecular formula is C21H19N3O5S2. The van der Waals surface area contributed by atoms with Gasteiger partial charge in [0.1, 0.15) is 15.9 Å². The van der Waals surface area contributed by atoms with E-state index in [1.807, 2.05) is 25.1 Å². The zero-order valence-corrected chi connectivity index (χ0v) is 18.4. The molecule has 0 radical (unpaired) electrons. The summed E-state index contributed by atoms with van der Waals surface area (Å²) in [6.45, 7) is 1.90. The number of nitrogens with zero attached hydrogens (tertiary/aromatic N) is 2. The van der Waals surface area contributed by atoms with Gasteiger partial charge in [0.05, 0.1) is 27.1 Å². The van der Waals surface area contributed by atoms with Crippen LogP contribution in [0.25, 0.3) is 10.2 Å². The van der Waals surface area contributed by atoms with Crippen molar-refractivity contribution in [3.05, 3.63) is 59.2 Å². The molecule has 2 aromatic carbocycles. The fourth-order valence-electron chi connectivity index (χ4n) is 3.52. The van der Waals surface area contributed by atoms with Crippen LogP contribution in [0.1, 0.15) is 32.7 Å². The molecule has 8 nitrogen and oxygen atoms in total. The molecule has 3 aromatic rings. The maximum atomic E-state index is 13.1. The number of sulfone groups is 1. The second-order valence-corrected chi connectivity index (χ2v) is 10.7. The van der Waals surface area contributed by atoms with Crippen LogP contribution in [-0.2, 0) is 14.6 Å². The number of imide groups is 1. The van der Waals surface area contributed by atoms with E-state index in [1.165, 1.54) is 23.5 Å². The molecule has 2 heterocycles. The minimum absolute atomic E-state index is 0.195. The summed E-state index contributed by atoms with van der Waals surface area (Å²) in [4.78, 5) is 44.2. The summed E-state index contributed by atoms with van der Waals surface area (Å²) in [5.41, 5.74) is 2.08. The number of anilines is 1. The molecule has 10 heteroatoms. The van der Waals surface area contributed by atoms with Gasteiger partial charge in [-0.1, -0.05) is 35.6 Å². The van der Waals surface area contributed by atoms with Gasteiger partial charge in [-0.2, -0.15) is 0 Å². The van der Waals surface area contributed by atoms with Crippen molar-refractivity contribution in [2.45, 2.75) is 19.4 Å². The number of carbonyl (C=O) groups is 3. The number of rotatable bonds is 6. The highest BCUT2D eigenvalue weighted by molar-refractivity contribution is 7.90. The van der Waals surface area contributed by atoms with E-state index in [0.717, 1.165) is 26.9 Å².